The van der Waals surface area contributed by atoms with Gasteiger partial charge in [0.25, 0.3) is 0 Å². The van der Waals surface area contributed by atoms with E-state index in [9.17, 15) is 0 Å². The van der Waals surface area contributed by atoms with Crippen LogP contribution in [0.2, 0.25) is 0 Å². The summed E-state index contributed by atoms with van der Waals surface area (Å²) >= 11 is 0. The summed E-state index contributed by atoms with van der Waals surface area (Å²) < 4.78 is 0. The Labute approximate surface area is 94.6 Å². The Balaban J connectivity index is 2.03. The molecule has 0 aliphatic carbocycles. The van der Waals surface area contributed by atoms with E-state index < -0.39 is 0 Å². The third kappa shape index (κ3) is 1.65. The number of pyridine rings is 2. The molecule has 1 aliphatic heterocycles. The zero-order chi connectivity index (χ0) is 10.8. The molecule has 0 saturated heterocycles. The predicted molar refractivity (Wildman–Crippen MR) is 64.3 cm³/mol. The van der Waals surface area contributed by atoms with Crippen LogP contribution in [-0.4, -0.2) is 16.5 Å². The third-order valence-corrected chi connectivity index (χ3v) is 2.84. The van der Waals surface area contributed by atoms with Crippen molar-refractivity contribution in [3.63, 3.8) is 0 Å². The maximum absolute atomic E-state index is 4.68. The van der Waals surface area contributed by atoms with E-state index in [0.29, 0.717) is 0 Å². The second kappa shape index (κ2) is 3.93. The van der Waals surface area contributed by atoms with Crippen LogP contribution in [0.3, 0.4) is 0 Å². The van der Waals surface area contributed by atoms with Crippen LogP contribution in [0.25, 0.3) is 11.3 Å². The molecule has 0 fully saturated rings. The lowest BCUT2D eigenvalue weighted by atomic mass is 10.1. The van der Waals surface area contributed by atoms with Gasteiger partial charge in [-0.15, -0.1) is 0 Å². The molecule has 0 bridgehead atoms. The SMILES string of the molecule is c1cncc(-c2ccc3c(n2)CCCN3)c1. The molecule has 0 radical (unpaired) electrons. The van der Waals surface area contributed by atoms with Crippen LogP contribution in [0.5, 0.6) is 0 Å². The summed E-state index contributed by atoms with van der Waals surface area (Å²) in [5, 5.41) is 3.36. The lowest BCUT2D eigenvalue weighted by Crippen LogP contribution is -2.13. The summed E-state index contributed by atoms with van der Waals surface area (Å²) in [6.45, 7) is 1.06. The Morgan fingerprint density at radius 2 is 2.19 bits per heavy atom. The fourth-order valence-corrected chi connectivity index (χ4v) is 2.01. The molecule has 0 spiro atoms. The van der Waals surface area contributed by atoms with Crippen LogP contribution in [0.1, 0.15) is 12.1 Å². The molecular weight excluding hydrogens is 198 g/mol. The highest BCUT2D eigenvalue weighted by Crippen LogP contribution is 2.24. The Morgan fingerprint density at radius 1 is 1.19 bits per heavy atom. The van der Waals surface area contributed by atoms with E-state index in [-0.39, 0.29) is 0 Å². The zero-order valence-corrected chi connectivity index (χ0v) is 8.98. The summed E-state index contributed by atoms with van der Waals surface area (Å²) in [5.74, 6) is 0. The molecule has 16 heavy (non-hydrogen) atoms. The van der Waals surface area contributed by atoms with Gasteiger partial charge in [0.1, 0.15) is 0 Å². The van der Waals surface area contributed by atoms with Gasteiger partial charge in [-0.05, 0) is 37.1 Å². The van der Waals surface area contributed by atoms with E-state index in [1.807, 2.05) is 24.4 Å². The standard InChI is InChI=1S/C13H13N3/c1-3-10(9-14-7-1)11-5-6-12-13(16-11)4-2-8-15-12/h1,3,5-7,9,15H,2,4,8H2. The topological polar surface area (TPSA) is 37.8 Å². The van der Waals surface area contributed by atoms with Gasteiger partial charge in [0.2, 0.25) is 0 Å². The first-order valence-electron chi connectivity index (χ1n) is 5.58. The molecule has 3 heterocycles. The molecule has 1 aliphatic rings. The molecule has 0 saturated carbocycles. The van der Waals surface area contributed by atoms with E-state index in [4.69, 9.17) is 0 Å². The average Bonchev–Trinajstić information content (AvgIpc) is 2.39. The molecule has 0 atom stereocenters. The van der Waals surface area contributed by atoms with Gasteiger partial charge in [-0.1, -0.05) is 0 Å². The fraction of sp³-hybridized carbons (Fsp3) is 0.231. The van der Waals surface area contributed by atoms with Crippen LogP contribution >= 0.6 is 0 Å². The van der Waals surface area contributed by atoms with Crippen molar-refractivity contribution < 1.29 is 0 Å². The highest BCUT2D eigenvalue weighted by Gasteiger charge is 2.10. The summed E-state index contributed by atoms with van der Waals surface area (Å²) in [6, 6.07) is 8.14. The van der Waals surface area contributed by atoms with Crippen LogP contribution in [0.15, 0.2) is 36.7 Å². The van der Waals surface area contributed by atoms with Gasteiger partial charge in [0, 0.05) is 24.5 Å². The van der Waals surface area contributed by atoms with E-state index in [2.05, 4.69) is 21.4 Å². The lowest BCUT2D eigenvalue weighted by Gasteiger charge is -2.17. The van der Waals surface area contributed by atoms with Gasteiger partial charge < -0.3 is 5.32 Å². The number of nitrogens with one attached hydrogen (secondary N) is 1. The summed E-state index contributed by atoms with van der Waals surface area (Å²) in [6.07, 6.45) is 5.86. The van der Waals surface area contributed by atoms with Gasteiger partial charge in [-0.2, -0.15) is 0 Å². The molecule has 2 aromatic heterocycles. The smallest absolute Gasteiger partial charge is 0.0722 e. The minimum absolute atomic E-state index is 1.01. The van der Waals surface area contributed by atoms with Crippen molar-refractivity contribution in [2.75, 3.05) is 11.9 Å². The van der Waals surface area contributed by atoms with Crippen molar-refractivity contribution in [1.29, 1.82) is 0 Å². The van der Waals surface area contributed by atoms with E-state index in [1.165, 1.54) is 11.4 Å². The molecule has 0 aromatic carbocycles. The molecule has 1 N–H and O–H groups in total. The van der Waals surface area contributed by atoms with Crippen molar-refractivity contribution in [3.8, 4) is 11.3 Å². The Hall–Kier alpha value is -1.90. The van der Waals surface area contributed by atoms with E-state index >= 15 is 0 Å². The number of aromatic nitrogens is 2. The van der Waals surface area contributed by atoms with E-state index in [0.717, 1.165) is 30.6 Å². The van der Waals surface area contributed by atoms with Gasteiger partial charge in [-0.25, -0.2) is 0 Å². The number of fused-ring (bicyclic) bond motifs is 1. The highest BCUT2D eigenvalue weighted by atomic mass is 14.9. The predicted octanol–water partition coefficient (Wildman–Crippen LogP) is 2.50. The fourth-order valence-electron chi connectivity index (χ4n) is 2.01. The molecule has 0 amide bonds. The molecular formula is C13H13N3. The second-order valence-corrected chi connectivity index (χ2v) is 3.96. The first-order chi connectivity index (χ1) is 7.93. The van der Waals surface area contributed by atoms with Crippen molar-refractivity contribution in [3.05, 3.63) is 42.4 Å². The maximum atomic E-state index is 4.68. The Morgan fingerprint density at radius 3 is 3.06 bits per heavy atom. The summed E-state index contributed by atoms with van der Waals surface area (Å²) in [5.41, 5.74) is 4.44. The first-order valence-corrected chi connectivity index (χ1v) is 5.58. The molecule has 2 aromatic rings. The number of aryl methyl sites for hydroxylation is 1. The summed E-state index contributed by atoms with van der Waals surface area (Å²) in [4.78, 5) is 8.80. The highest BCUT2D eigenvalue weighted by molar-refractivity contribution is 5.62. The van der Waals surface area contributed by atoms with Gasteiger partial charge in [0.05, 0.1) is 17.1 Å². The van der Waals surface area contributed by atoms with Crippen LogP contribution in [0.4, 0.5) is 5.69 Å². The van der Waals surface area contributed by atoms with Gasteiger partial charge in [-0.3, -0.25) is 9.97 Å². The molecule has 0 unspecified atom stereocenters. The minimum atomic E-state index is 1.01. The summed E-state index contributed by atoms with van der Waals surface area (Å²) in [7, 11) is 0. The minimum Gasteiger partial charge on any atom is -0.384 e. The normalized spacial score (nSPS) is 14.0. The number of anilines is 1. The van der Waals surface area contributed by atoms with Crippen LogP contribution < -0.4 is 5.32 Å². The van der Waals surface area contributed by atoms with Crippen molar-refractivity contribution in [1.82, 2.24) is 9.97 Å². The molecule has 3 rings (SSSR count). The van der Waals surface area contributed by atoms with Gasteiger partial charge >= 0.3 is 0 Å². The molecule has 3 heteroatoms. The quantitative estimate of drug-likeness (QED) is 0.787. The molecule has 80 valence electrons. The van der Waals surface area contributed by atoms with Gasteiger partial charge in [0.15, 0.2) is 0 Å². The van der Waals surface area contributed by atoms with Crippen LogP contribution in [-0.2, 0) is 6.42 Å². The average molecular weight is 211 g/mol. The maximum Gasteiger partial charge on any atom is 0.0722 e. The first kappa shape index (κ1) is 9.33. The largest absolute Gasteiger partial charge is 0.384 e. The van der Waals surface area contributed by atoms with Crippen LogP contribution in [0, 0.1) is 0 Å². The second-order valence-electron chi connectivity index (χ2n) is 3.96. The number of nitrogens with zero attached hydrogens (tertiary/aromatic N) is 2. The monoisotopic (exact) mass is 211 g/mol. The third-order valence-electron chi connectivity index (χ3n) is 2.84. The molecule has 3 nitrogen and oxygen atoms in total. The Bertz CT molecular complexity index is 494. The Kier molecular flexibility index (Phi) is 2.29. The van der Waals surface area contributed by atoms with Crippen molar-refractivity contribution in [2.24, 2.45) is 0 Å². The van der Waals surface area contributed by atoms with E-state index in [1.54, 1.807) is 6.20 Å². The van der Waals surface area contributed by atoms with Crippen molar-refractivity contribution >= 4 is 5.69 Å². The number of hydrogen-bond donors (Lipinski definition) is 1. The number of hydrogen-bond acceptors (Lipinski definition) is 3. The zero-order valence-electron chi connectivity index (χ0n) is 8.98. The number of rotatable bonds is 1. The lowest BCUT2D eigenvalue weighted by molar-refractivity contribution is 0.803. The van der Waals surface area contributed by atoms with Crippen molar-refractivity contribution in [2.45, 2.75) is 12.8 Å².